The van der Waals surface area contributed by atoms with E-state index in [-0.39, 0.29) is 5.56 Å². The Labute approximate surface area is 117 Å². The molecule has 100 valence electrons. The first kappa shape index (κ1) is 13.8. The van der Waals surface area contributed by atoms with Crippen molar-refractivity contribution in [2.75, 3.05) is 0 Å². The van der Waals surface area contributed by atoms with Gasteiger partial charge in [-0.1, -0.05) is 29.8 Å². The number of hydrogen-bond donors (Lipinski definition) is 1. The van der Waals surface area contributed by atoms with E-state index in [9.17, 15) is 4.79 Å². The van der Waals surface area contributed by atoms with E-state index in [1.165, 1.54) is 11.1 Å². The number of nitrogens with zero attached hydrogens (tertiary/aromatic N) is 2. The van der Waals surface area contributed by atoms with Crippen LogP contribution in [0.1, 0.15) is 33.5 Å². The van der Waals surface area contributed by atoms with Gasteiger partial charge in [-0.15, -0.1) is 0 Å². The number of H-pyrrole nitrogens is 1. The van der Waals surface area contributed by atoms with E-state index in [0.29, 0.717) is 11.3 Å². The van der Waals surface area contributed by atoms with Gasteiger partial charge in [0.25, 0.3) is 5.56 Å². The molecule has 4 nitrogen and oxygen atoms in total. The molecule has 1 aromatic carbocycles. The lowest BCUT2D eigenvalue weighted by molar-refractivity contribution is 0.952. The second-order valence-corrected chi connectivity index (χ2v) is 4.74. The van der Waals surface area contributed by atoms with E-state index < -0.39 is 5.56 Å². The molecule has 0 aliphatic carbocycles. The number of aryl methyl sites for hydroxylation is 2. The molecule has 1 heterocycles. The summed E-state index contributed by atoms with van der Waals surface area (Å²) in [6.45, 7) is 5.82. The number of nitrogens with one attached hydrogen (secondary N) is 1. The van der Waals surface area contributed by atoms with Crippen LogP contribution in [0.2, 0.25) is 0 Å². The number of nitriles is 1. The topological polar surface area (TPSA) is 69.5 Å². The fraction of sp³-hybridized carbons (Fsp3) is 0.188. The second kappa shape index (κ2) is 5.54. The predicted octanol–water partition coefficient (Wildman–Crippen LogP) is 2.74. The molecule has 2 rings (SSSR count). The van der Waals surface area contributed by atoms with Crippen molar-refractivity contribution in [1.82, 2.24) is 10.2 Å². The molecule has 0 aliphatic heterocycles. The lowest BCUT2D eigenvalue weighted by Gasteiger charge is -2.03. The number of rotatable bonds is 2. The summed E-state index contributed by atoms with van der Waals surface area (Å²) in [7, 11) is 0. The number of aromatic nitrogens is 2. The van der Waals surface area contributed by atoms with Gasteiger partial charge in [0, 0.05) is 0 Å². The van der Waals surface area contributed by atoms with Crippen LogP contribution in [0.3, 0.4) is 0 Å². The third-order valence-electron chi connectivity index (χ3n) is 3.22. The van der Waals surface area contributed by atoms with Crippen LogP contribution in [0, 0.1) is 32.1 Å². The smallest absolute Gasteiger partial charge is 0.267 e. The first-order valence-corrected chi connectivity index (χ1v) is 6.27. The van der Waals surface area contributed by atoms with E-state index in [4.69, 9.17) is 5.26 Å². The molecule has 0 saturated carbocycles. The molecule has 0 bridgehead atoms. The number of benzene rings is 1. The van der Waals surface area contributed by atoms with Crippen LogP contribution in [0.15, 0.2) is 23.0 Å². The standard InChI is InChI=1S/C16H15N3O/c1-10-4-5-13(11(2)8-10)6-7-15-12(3)14(9-17)16(20)19-18-15/h4-8H,1-3H3,(H,19,20)/b7-6+. The van der Waals surface area contributed by atoms with Crippen molar-refractivity contribution < 1.29 is 0 Å². The van der Waals surface area contributed by atoms with Crippen molar-refractivity contribution in [3.8, 4) is 6.07 Å². The van der Waals surface area contributed by atoms with Crippen molar-refractivity contribution in [3.05, 3.63) is 62.1 Å². The van der Waals surface area contributed by atoms with Gasteiger partial charge in [0.2, 0.25) is 0 Å². The Balaban J connectivity index is 2.42. The molecule has 2 aromatic rings. The minimum atomic E-state index is -0.450. The molecule has 0 amide bonds. The fourth-order valence-electron chi connectivity index (χ4n) is 2.03. The van der Waals surface area contributed by atoms with Gasteiger partial charge < -0.3 is 0 Å². The van der Waals surface area contributed by atoms with Gasteiger partial charge in [-0.3, -0.25) is 4.79 Å². The molecule has 0 radical (unpaired) electrons. The van der Waals surface area contributed by atoms with Gasteiger partial charge in [0.05, 0.1) is 5.69 Å². The molecule has 0 saturated heterocycles. The number of hydrogen-bond acceptors (Lipinski definition) is 3. The first-order chi connectivity index (χ1) is 9.52. The highest BCUT2D eigenvalue weighted by Crippen LogP contribution is 2.15. The van der Waals surface area contributed by atoms with Gasteiger partial charge >= 0.3 is 0 Å². The summed E-state index contributed by atoms with van der Waals surface area (Å²) in [5, 5.41) is 15.3. The van der Waals surface area contributed by atoms with Crippen LogP contribution in [-0.4, -0.2) is 10.2 Å². The second-order valence-electron chi connectivity index (χ2n) is 4.74. The Kier molecular flexibility index (Phi) is 3.81. The minimum absolute atomic E-state index is 0.111. The predicted molar refractivity (Wildman–Crippen MR) is 79.2 cm³/mol. The largest absolute Gasteiger partial charge is 0.282 e. The Morgan fingerprint density at radius 2 is 2.00 bits per heavy atom. The monoisotopic (exact) mass is 265 g/mol. The lowest BCUT2D eigenvalue weighted by Crippen LogP contribution is -2.15. The van der Waals surface area contributed by atoms with Crippen molar-refractivity contribution in [2.24, 2.45) is 0 Å². The molecule has 0 spiro atoms. The van der Waals surface area contributed by atoms with Crippen molar-refractivity contribution >= 4 is 12.2 Å². The maximum absolute atomic E-state index is 11.4. The lowest BCUT2D eigenvalue weighted by atomic mass is 10.0. The van der Waals surface area contributed by atoms with Crippen LogP contribution < -0.4 is 5.56 Å². The van der Waals surface area contributed by atoms with Crippen LogP contribution in [0.25, 0.3) is 12.2 Å². The zero-order valence-corrected chi connectivity index (χ0v) is 11.7. The summed E-state index contributed by atoms with van der Waals surface area (Å²) in [5.74, 6) is 0. The molecule has 1 aromatic heterocycles. The zero-order valence-electron chi connectivity index (χ0n) is 11.7. The average Bonchev–Trinajstić information content (AvgIpc) is 2.40. The molecule has 1 N–H and O–H groups in total. The Bertz CT molecular complexity index is 779. The summed E-state index contributed by atoms with van der Waals surface area (Å²) >= 11 is 0. The Hall–Kier alpha value is -2.67. The van der Waals surface area contributed by atoms with E-state index in [1.807, 2.05) is 44.2 Å². The fourth-order valence-corrected chi connectivity index (χ4v) is 2.03. The normalized spacial score (nSPS) is 10.7. The van der Waals surface area contributed by atoms with E-state index in [2.05, 4.69) is 16.3 Å². The highest BCUT2D eigenvalue weighted by Gasteiger charge is 2.07. The van der Waals surface area contributed by atoms with E-state index in [0.717, 1.165) is 5.56 Å². The minimum Gasteiger partial charge on any atom is -0.267 e. The highest BCUT2D eigenvalue weighted by atomic mass is 16.1. The SMILES string of the molecule is Cc1ccc(/C=C/c2n[nH]c(=O)c(C#N)c2C)c(C)c1. The summed E-state index contributed by atoms with van der Waals surface area (Å²) in [6.07, 6.45) is 3.74. The van der Waals surface area contributed by atoms with Crippen LogP contribution >= 0.6 is 0 Å². The first-order valence-electron chi connectivity index (χ1n) is 6.27. The van der Waals surface area contributed by atoms with Gasteiger partial charge in [-0.25, -0.2) is 5.10 Å². The molecular weight excluding hydrogens is 250 g/mol. The Morgan fingerprint density at radius 3 is 2.65 bits per heavy atom. The summed E-state index contributed by atoms with van der Waals surface area (Å²) < 4.78 is 0. The number of aromatic amines is 1. The Morgan fingerprint density at radius 1 is 1.25 bits per heavy atom. The molecule has 0 aliphatic rings. The third-order valence-corrected chi connectivity index (χ3v) is 3.22. The van der Waals surface area contributed by atoms with Gasteiger partial charge in [-0.05, 0) is 43.5 Å². The maximum Gasteiger partial charge on any atom is 0.282 e. The van der Waals surface area contributed by atoms with E-state index in [1.54, 1.807) is 6.92 Å². The molecule has 0 fully saturated rings. The van der Waals surface area contributed by atoms with Gasteiger partial charge in [0.1, 0.15) is 11.6 Å². The highest BCUT2D eigenvalue weighted by molar-refractivity contribution is 5.71. The average molecular weight is 265 g/mol. The third kappa shape index (κ3) is 2.67. The molecule has 4 heteroatoms. The molecular formula is C16H15N3O. The van der Waals surface area contributed by atoms with Crippen LogP contribution in [0.5, 0.6) is 0 Å². The van der Waals surface area contributed by atoms with Crippen molar-refractivity contribution in [2.45, 2.75) is 20.8 Å². The van der Waals surface area contributed by atoms with Crippen molar-refractivity contribution in [3.63, 3.8) is 0 Å². The summed E-state index contributed by atoms with van der Waals surface area (Å²) in [5.41, 5.74) is 4.32. The molecule has 0 unspecified atom stereocenters. The summed E-state index contributed by atoms with van der Waals surface area (Å²) in [4.78, 5) is 11.4. The van der Waals surface area contributed by atoms with Crippen LogP contribution in [0.4, 0.5) is 0 Å². The summed E-state index contributed by atoms with van der Waals surface area (Å²) in [6, 6.07) is 8.09. The molecule has 0 atom stereocenters. The van der Waals surface area contributed by atoms with Crippen molar-refractivity contribution in [1.29, 1.82) is 5.26 Å². The maximum atomic E-state index is 11.4. The van der Waals surface area contributed by atoms with Gasteiger partial charge in [-0.2, -0.15) is 10.4 Å². The quantitative estimate of drug-likeness (QED) is 0.907. The van der Waals surface area contributed by atoms with Crippen LogP contribution in [-0.2, 0) is 0 Å². The van der Waals surface area contributed by atoms with E-state index >= 15 is 0 Å². The molecule has 20 heavy (non-hydrogen) atoms. The zero-order chi connectivity index (χ0) is 14.7. The van der Waals surface area contributed by atoms with Gasteiger partial charge in [0.15, 0.2) is 0 Å².